The summed E-state index contributed by atoms with van der Waals surface area (Å²) in [6.07, 6.45) is 0. The highest BCUT2D eigenvalue weighted by Crippen LogP contribution is 2.18. The average Bonchev–Trinajstić information content (AvgIpc) is 2.72. The number of benzene rings is 1. The summed E-state index contributed by atoms with van der Waals surface area (Å²) in [5, 5.41) is 14.9. The van der Waals surface area contributed by atoms with Crippen LogP contribution in [0.3, 0.4) is 0 Å². The van der Waals surface area contributed by atoms with Crippen LogP contribution in [0, 0.1) is 12.3 Å². The van der Waals surface area contributed by atoms with Crippen molar-refractivity contribution < 1.29 is 0 Å². The van der Waals surface area contributed by atoms with Crippen LogP contribution >= 0.6 is 0 Å². The fourth-order valence-corrected chi connectivity index (χ4v) is 1.59. The van der Waals surface area contributed by atoms with Crippen LogP contribution in [0.5, 0.6) is 0 Å². The van der Waals surface area contributed by atoms with E-state index in [4.69, 9.17) is 0 Å². The molecule has 0 aliphatic carbocycles. The first-order valence-corrected chi connectivity index (χ1v) is 6.05. The molecule has 2 rings (SSSR count). The Hall–Kier alpha value is -1.91. The molecule has 18 heavy (non-hydrogen) atoms. The largest absolute Gasteiger partial charge is 0.384 e. The number of hydrogen-bond acceptors (Lipinski definition) is 4. The van der Waals surface area contributed by atoms with Crippen molar-refractivity contribution in [2.75, 3.05) is 11.9 Å². The van der Waals surface area contributed by atoms with Crippen molar-refractivity contribution in [2.24, 2.45) is 5.41 Å². The molecule has 0 unspecified atom stereocenters. The van der Waals surface area contributed by atoms with Gasteiger partial charge >= 0.3 is 0 Å². The van der Waals surface area contributed by atoms with Gasteiger partial charge in [0.25, 0.3) is 0 Å². The number of anilines is 1. The highest BCUT2D eigenvalue weighted by molar-refractivity contribution is 5.51. The Labute approximate surface area is 107 Å². The Morgan fingerprint density at radius 1 is 1.28 bits per heavy atom. The summed E-state index contributed by atoms with van der Waals surface area (Å²) in [5.74, 6) is 0.781. The van der Waals surface area contributed by atoms with Crippen LogP contribution in [-0.4, -0.2) is 26.8 Å². The van der Waals surface area contributed by atoms with Gasteiger partial charge in [0.1, 0.15) is 0 Å². The van der Waals surface area contributed by atoms with E-state index in [1.165, 1.54) is 0 Å². The van der Waals surface area contributed by atoms with Crippen LogP contribution < -0.4 is 5.32 Å². The minimum atomic E-state index is 0.251. The Morgan fingerprint density at radius 3 is 2.67 bits per heavy atom. The first-order chi connectivity index (χ1) is 8.46. The second kappa shape index (κ2) is 4.76. The van der Waals surface area contributed by atoms with Crippen LogP contribution in [0.4, 0.5) is 5.69 Å². The first kappa shape index (κ1) is 12.5. The molecule has 1 aromatic carbocycles. The Kier molecular flexibility index (Phi) is 3.32. The summed E-state index contributed by atoms with van der Waals surface area (Å²) >= 11 is 0. The Bertz CT molecular complexity index is 524. The second-order valence-electron chi connectivity index (χ2n) is 5.60. The van der Waals surface area contributed by atoms with Crippen LogP contribution in [0.25, 0.3) is 5.69 Å². The number of aromatic nitrogens is 4. The first-order valence-electron chi connectivity index (χ1n) is 6.05. The Morgan fingerprint density at radius 2 is 2.06 bits per heavy atom. The van der Waals surface area contributed by atoms with Crippen molar-refractivity contribution in [1.82, 2.24) is 20.2 Å². The van der Waals surface area contributed by atoms with Gasteiger partial charge in [-0.05, 0) is 41.0 Å². The molecule has 0 aliphatic heterocycles. The lowest BCUT2D eigenvalue weighted by Crippen LogP contribution is -2.19. The molecule has 0 spiro atoms. The number of nitrogens with one attached hydrogen (secondary N) is 1. The zero-order chi connectivity index (χ0) is 13.2. The van der Waals surface area contributed by atoms with Crippen LogP contribution in [0.1, 0.15) is 26.6 Å². The minimum absolute atomic E-state index is 0.251. The van der Waals surface area contributed by atoms with E-state index in [9.17, 15) is 0 Å². The summed E-state index contributed by atoms with van der Waals surface area (Å²) in [6, 6.07) is 8.09. The number of tetrazole rings is 1. The molecule has 1 N–H and O–H groups in total. The van der Waals surface area contributed by atoms with Crippen molar-refractivity contribution in [2.45, 2.75) is 27.7 Å². The van der Waals surface area contributed by atoms with Gasteiger partial charge in [0.05, 0.1) is 5.69 Å². The summed E-state index contributed by atoms with van der Waals surface area (Å²) in [4.78, 5) is 0. The van der Waals surface area contributed by atoms with E-state index in [0.29, 0.717) is 0 Å². The van der Waals surface area contributed by atoms with Crippen molar-refractivity contribution in [3.8, 4) is 5.69 Å². The van der Waals surface area contributed by atoms with E-state index in [2.05, 4.69) is 53.7 Å². The Balaban J connectivity index is 2.18. The van der Waals surface area contributed by atoms with E-state index in [1.54, 1.807) is 4.68 Å². The number of aryl methyl sites for hydroxylation is 1. The van der Waals surface area contributed by atoms with Crippen LogP contribution in [0.15, 0.2) is 24.3 Å². The fraction of sp³-hybridized carbons (Fsp3) is 0.462. The molecule has 5 heteroatoms. The standard InChI is InChI=1S/C13H19N5/c1-10-15-16-17-18(10)12-7-5-6-11(8-12)14-9-13(2,3)4/h5-8,14H,9H2,1-4H3. The normalized spacial score (nSPS) is 11.6. The van der Waals surface area contributed by atoms with Gasteiger partial charge in [-0.25, -0.2) is 0 Å². The zero-order valence-electron chi connectivity index (χ0n) is 11.3. The van der Waals surface area contributed by atoms with Gasteiger partial charge in [-0.1, -0.05) is 26.8 Å². The lowest BCUT2D eigenvalue weighted by Gasteiger charge is -2.19. The maximum absolute atomic E-state index is 3.96. The molecule has 0 radical (unpaired) electrons. The van der Waals surface area contributed by atoms with Crippen molar-refractivity contribution in [3.63, 3.8) is 0 Å². The molecule has 0 saturated heterocycles. The SMILES string of the molecule is Cc1nnnn1-c1cccc(NCC(C)(C)C)c1. The van der Waals surface area contributed by atoms with Gasteiger partial charge in [-0.2, -0.15) is 4.68 Å². The number of nitrogens with zero attached hydrogens (tertiary/aromatic N) is 4. The molecular formula is C13H19N5. The van der Waals surface area contributed by atoms with E-state index in [0.717, 1.165) is 23.7 Å². The van der Waals surface area contributed by atoms with Crippen LogP contribution in [-0.2, 0) is 0 Å². The lowest BCUT2D eigenvalue weighted by molar-refractivity contribution is 0.443. The second-order valence-corrected chi connectivity index (χ2v) is 5.60. The quantitative estimate of drug-likeness (QED) is 0.902. The molecule has 1 aromatic heterocycles. The van der Waals surface area contributed by atoms with E-state index < -0.39 is 0 Å². The molecule has 2 aromatic rings. The van der Waals surface area contributed by atoms with Gasteiger partial charge in [0.15, 0.2) is 5.82 Å². The topological polar surface area (TPSA) is 55.6 Å². The molecule has 0 aliphatic rings. The zero-order valence-corrected chi connectivity index (χ0v) is 11.3. The molecule has 0 amide bonds. The highest BCUT2D eigenvalue weighted by atomic mass is 15.5. The van der Waals surface area contributed by atoms with Gasteiger partial charge in [-0.15, -0.1) is 5.10 Å². The minimum Gasteiger partial charge on any atom is -0.384 e. The summed E-state index contributed by atoms with van der Waals surface area (Å²) in [6.45, 7) is 9.42. The molecule has 0 saturated carbocycles. The molecular weight excluding hydrogens is 226 g/mol. The third kappa shape index (κ3) is 3.06. The monoisotopic (exact) mass is 245 g/mol. The predicted octanol–water partition coefficient (Wildman–Crippen LogP) is 2.43. The fourth-order valence-electron chi connectivity index (χ4n) is 1.59. The van der Waals surface area contributed by atoms with Crippen molar-refractivity contribution >= 4 is 5.69 Å². The molecule has 5 nitrogen and oxygen atoms in total. The summed E-state index contributed by atoms with van der Waals surface area (Å²) in [7, 11) is 0. The third-order valence-electron chi connectivity index (χ3n) is 2.54. The third-order valence-corrected chi connectivity index (χ3v) is 2.54. The summed E-state index contributed by atoms with van der Waals surface area (Å²) < 4.78 is 1.72. The van der Waals surface area contributed by atoms with E-state index >= 15 is 0 Å². The van der Waals surface area contributed by atoms with E-state index in [1.807, 2.05) is 19.1 Å². The van der Waals surface area contributed by atoms with Crippen molar-refractivity contribution in [3.05, 3.63) is 30.1 Å². The van der Waals surface area contributed by atoms with Crippen LogP contribution in [0.2, 0.25) is 0 Å². The predicted molar refractivity (Wildman–Crippen MR) is 71.8 cm³/mol. The van der Waals surface area contributed by atoms with Crippen molar-refractivity contribution in [1.29, 1.82) is 0 Å². The van der Waals surface area contributed by atoms with Gasteiger partial charge in [-0.3, -0.25) is 0 Å². The molecule has 0 bridgehead atoms. The molecule has 0 fully saturated rings. The molecule has 1 heterocycles. The number of rotatable bonds is 3. The smallest absolute Gasteiger partial charge is 0.153 e. The maximum Gasteiger partial charge on any atom is 0.153 e. The van der Waals surface area contributed by atoms with Gasteiger partial charge in [0.2, 0.25) is 0 Å². The molecule has 0 atom stereocenters. The highest BCUT2D eigenvalue weighted by Gasteiger charge is 2.10. The van der Waals surface area contributed by atoms with E-state index in [-0.39, 0.29) is 5.41 Å². The number of hydrogen-bond donors (Lipinski definition) is 1. The average molecular weight is 245 g/mol. The maximum atomic E-state index is 3.96. The summed E-state index contributed by atoms with van der Waals surface area (Å²) in [5.41, 5.74) is 2.30. The lowest BCUT2D eigenvalue weighted by atomic mass is 9.97. The van der Waals surface area contributed by atoms with Gasteiger partial charge < -0.3 is 5.32 Å². The van der Waals surface area contributed by atoms with Gasteiger partial charge in [0, 0.05) is 12.2 Å². The molecule has 96 valence electrons.